The summed E-state index contributed by atoms with van der Waals surface area (Å²) < 4.78 is 1.68. The molecule has 0 spiro atoms. The summed E-state index contributed by atoms with van der Waals surface area (Å²) in [6.07, 6.45) is 2.26. The molecule has 2 aromatic carbocycles. The van der Waals surface area contributed by atoms with Gasteiger partial charge in [-0.15, -0.1) is 5.10 Å². The molecule has 0 aliphatic carbocycles. The molecule has 3 aromatic rings. The lowest BCUT2D eigenvalue weighted by atomic mass is 10.1. The first-order valence-corrected chi connectivity index (χ1v) is 5.92. The Morgan fingerprint density at radius 1 is 1.00 bits per heavy atom. The van der Waals surface area contributed by atoms with Gasteiger partial charge in [-0.05, 0) is 12.1 Å². The van der Waals surface area contributed by atoms with Crippen molar-refractivity contribution in [1.82, 2.24) is 15.0 Å². The van der Waals surface area contributed by atoms with Crippen molar-refractivity contribution in [1.29, 1.82) is 0 Å². The largest absolute Gasteiger partial charge is 0.298 e. The second-order valence-corrected chi connectivity index (χ2v) is 4.04. The fourth-order valence-corrected chi connectivity index (χ4v) is 2.01. The molecule has 3 rings (SSSR count). The minimum Gasteiger partial charge on any atom is -0.298 e. The summed E-state index contributed by atoms with van der Waals surface area (Å²) in [7, 11) is 0. The predicted molar refractivity (Wildman–Crippen MR) is 73.4 cm³/mol. The number of carbonyl (C=O) groups is 1. The second kappa shape index (κ2) is 4.86. The van der Waals surface area contributed by atoms with E-state index < -0.39 is 0 Å². The van der Waals surface area contributed by atoms with Crippen LogP contribution in [0.5, 0.6) is 0 Å². The smallest absolute Gasteiger partial charge is 0.145 e. The van der Waals surface area contributed by atoms with Gasteiger partial charge in [-0.2, -0.15) is 0 Å². The molecule has 0 bridgehead atoms. The monoisotopic (exact) mass is 249 g/mol. The van der Waals surface area contributed by atoms with Crippen LogP contribution in [0.1, 0.15) is 5.56 Å². The molecule has 0 radical (unpaired) electrons. The molecular weight excluding hydrogens is 238 g/mol. The molecule has 4 nitrogen and oxygen atoms in total. The highest BCUT2D eigenvalue weighted by atomic mass is 16.1. The van der Waals surface area contributed by atoms with Gasteiger partial charge in [-0.25, -0.2) is 4.68 Å². The van der Waals surface area contributed by atoms with Gasteiger partial charge in [-0.3, -0.25) is 4.79 Å². The molecule has 0 saturated heterocycles. The summed E-state index contributed by atoms with van der Waals surface area (Å²) in [5.41, 5.74) is 3.31. The number of benzene rings is 2. The van der Waals surface area contributed by atoms with Crippen LogP contribution in [0.25, 0.3) is 16.7 Å². The first-order chi connectivity index (χ1) is 9.40. The summed E-state index contributed by atoms with van der Waals surface area (Å²) in [6, 6.07) is 17.3. The van der Waals surface area contributed by atoms with Crippen LogP contribution in [0.15, 0.2) is 60.7 Å². The Labute approximate surface area is 110 Å². The van der Waals surface area contributed by atoms with Crippen LogP contribution in [-0.2, 0) is 4.79 Å². The first-order valence-electron chi connectivity index (χ1n) is 5.92. The van der Waals surface area contributed by atoms with Crippen LogP contribution >= 0.6 is 0 Å². The topological polar surface area (TPSA) is 47.8 Å². The van der Waals surface area contributed by atoms with Gasteiger partial charge in [0.25, 0.3) is 0 Å². The van der Waals surface area contributed by atoms with Crippen molar-refractivity contribution in [2.45, 2.75) is 0 Å². The van der Waals surface area contributed by atoms with Crippen LogP contribution in [0, 0.1) is 0 Å². The van der Waals surface area contributed by atoms with E-state index in [-0.39, 0.29) is 0 Å². The summed E-state index contributed by atoms with van der Waals surface area (Å²) in [6.45, 7) is 0. The zero-order valence-corrected chi connectivity index (χ0v) is 10.1. The van der Waals surface area contributed by atoms with Gasteiger partial charge in [0.2, 0.25) is 0 Å². The van der Waals surface area contributed by atoms with Crippen molar-refractivity contribution in [2.75, 3.05) is 0 Å². The maximum Gasteiger partial charge on any atom is 0.145 e. The Hall–Kier alpha value is -2.75. The molecule has 0 aliphatic heterocycles. The number of hydrogen-bond acceptors (Lipinski definition) is 3. The Balaban J connectivity index is 2.22. The van der Waals surface area contributed by atoms with E-state index >= 15 is 0 Å². The molecule has 0 fully saturated rings. The molecule has 4 heteroatoms. The number of para-hydroxylation sites is 1. The van der Waals surface area contributed by atoms with Gasteiger partial charge in [0.05, 0.1) is 11.2 Å². The summed E-state index contributed by atoms with van der Waals surface area (Å²) in [5, 5.41) is 8.23. The SMILES string of the molecule is O=C/C=C(/c1ccccc1)n1nnc2ccccc21. The van der Waals surface area contributed by atoms with Crippen LogP contribution < -0.4 is 0 Å². The molecule has 0 unspecified atom stereocenters. The van der Waals surface area contributed by atoms with Crippen molar-refractivity contribution in [2.24, 2.45) is 0 Å². The van der Waals surface area contributed by atoms with Gasteiger partial charge in [0.15, 0.2) is 0 Å². The first kappa shape index (κ1) is 11.3. The number of hydrogen-bond donors (Lipinski definition) is 0. The van der Waals surface area contributed by atoms with Gasteiger partial charge in [-0.1, -0.05) is 47.7 Å². The van der Waals surface area contributed by atoms with Crippen molar-refractivity contribution in [3.63, 3.8) is 0 Å². The van der Waals surface area contributed by atoms with Crippen LogP contribution in [0.3, 0.4) is 0 Å². The van der Waals surface area contributed by atoms with Gasteiger partial charge < -0.3 is 0 Å². The molecule has 92 valence electrons. The third kappa shape index (κ3) is 2.04. The van der Waals surface area contributed by atoms with Crippen molar-refractivity contribution in [3.05, 3.63) is 66.2 Å². The van der Waals surface area contributed by atoms with E-state index in [0.717, 1.165) is 22.9 Å². The van der Waals surface area contributed by atoms with Crippen molar-refractivity contribution >= 4 is 23.0 Å². The standard InChI is InChI=1S/C15H11N3O/c19-11-10-14(12-6-2-1-3-7-12)18-15-9-5-4-8-13(15)16-17-18/h1-11H/b14-10-. The molecule has 0 aliphatic rings. The minimum absolute atomic E-state index is 0.712. The number of rotatable bonds is 3. The third-order valence-corrected chi connectivity index (χ3v) is 2.88. The van der Waals surface area contributed by atoms with E-state index in [1.165, 1.54) is 6.08 Å². The number of aromatic nitrogens is 3. The molecular formula is C15H11N3O. The lowest BCUT2D eigenvalue weighted by Crippen LogP contribution is -2.01. The quantitative estimate of drug-likeness (QED) is 0.529. The van der Waals surface area contributed by atoms with E-state index in [0.29, 0.717) is 5.70 Å². The highest BCUT2D eigenvalue weighted by Crippen LogP contribution is 2.20. The lowest BCUT2D eigenvalue weighted by Gasteiger charge is -2.07. The second-order valence-electron chi connectivity index (χ2n) is 4.04. The highest BCUT2D eigenvalue weighted by Gasteiger charge is 2.09. The number of carbonyl (C=O) groups excluding carboxylic acids is 1. The van der Waals surface area contributed by atoms with Crippen LogP contribution in [0.2, 0.25) is 0 Å². The van der Waals surface area contributed by atoms with Gasteiger partial charge in [0.1, 0.15) is 11.8 Å². The molecule has 0 N–H and O–H groups in total. The highest BCUT2D eigenvalue weighted by molar-refractivity contribution is 5.86. The average Bonchev–Trinajstić information content (AvgIpc) is 2.89. The van der Waals surface area contributed by atoms with E-state index in [9.17, 15) is 4.79 Å². The Kier molecular flexibility index (Phi) is 2.90. The molecule has 0 atom stereocenters. The third-order valence-electron chi connectivity index (χ3n) is 2.88. The van der Waals surface area contributed by atoms with Gasteiger partial charge >= 0.3 is 0 Å². The maximum absolute atomic E-state index is 10.9. The number of allylic oxidation sites excluding steroid dienone is 1. The zero-order valence-electron chi connectivity index (χ0n) is 10.1. The molecule has 0 saturated carbocycles. The summed E-state index contributed by atoms with van der Waals surface area (Å²) in [4.78, 5) is 10.9. The molecule has 1 aromatic heterocycles. The summed E-state index contributed by atoms with van der Waals surface area (Å²) >= 11 is 0. The Morgan fingerprint density at radius 2 is 1.74 bits per heavy atom. The summed E-state index contributed by atoms with van der Waals surface area (Å²) in [5.74, 6) is 0. The van der Waals surface area contributed by atoms with Gasteiger partial charge in [0, 0.05) is 11.6 Å². The number of fused-ring (bicyclic) bond motifs is 1. The predicted octanol–water partition coefficient (Wildman–Crippen LogP) is 2.52. The van der Waals surface area contributed by atoms with E-state index in [1.54, 1.807) is 4.68 Å². The lowest BCUT2D eigenvalue weighted by molar-refractivity contribution is -0.104. The molecule has 19 heavy (non-hydrogen) atoms. The maximum atomic E-state index is 10.9. The van der Waals surface area contributed by atoms with Crippen molar-refractivity contribution in [3.8, 4) is 0 Å². The zero-order chi connectivity index (χ0) is 13.1. The number of nitrogens with zero attached hydrogens (tertiary/aromatic N) is 3. The number of aldehydes is 1. The molecule has 1 heterocycles. The van der Waals surface area contributed by atoms with E-state index in [4.69, 9.17) is 0 Å². The fourth-order valence-electron chi connectivity index (χ4n) is 2.01. The van der Waals surface area contributed by atoms with Crippen LogP contribution in [-0.4, -0.2) is 21.3 Å². The van der Waals surface area contributed by atoms with Crippen LogP contribution in [0.4, 0.5) is 0 Å². The van der Waals surface area contributed by atoms with E-state index in [1.807, 2.05) is 54.6 Å². The normalized spacial score (nSPS) is 11.7. The van der Waals surface area contributed by atoms with E-state index in [2.05, 4.69) is 10.3 Å². The minimum atomic E-state index is 0.712. The Bertz CT molecular complexity index is 744. The Morgan fingerprint density at radius 3 is 2.53 bits per heavy atom. The molecule has 0 amide bonds. The van der Waals surface area contributed by atoms with Crippen molar-refractivity contribution < 1.29 is 4.79 Å². The average molecular weight is 249 g/mol. The fraction of sp³-hybridized carbons (Fsp3) is 0.